The molecule has 0 radical (unpaired) electrons. The molecule has 0 amide bonds. The van der Waals surface area contributed by atoms with Gasteiger partial charge in [-0.3, -0.25) is 4.79 Å². The van der Waals surface area contributed by atoms with Gasteiger partial charge in [-0.1, -0.05) is 39.0 Å². The summed E-state index contributed by atoms with van der Waals surface area (Å²) in [5.74, 6) is -0.136. The Morgan fingerprint density at radius 2 is 1.94 bits per heavy atom. The monoisotopic (exact) mass is 229 g/mol. The van der Waals surface area contributed by atoms with E-state index in [1.165, 1.54) is 45.6 Å². The van der Waals surface area contributed by atoms with Crippen LogP contribution in [0.5, 0.6) is 0 Å². The highest BCUT2D eigenvalue weighted by Crippen LogP contribution is 2.06. The first-order valence-electron chi connectivity index (χ1n) is 6.50. The first kappa shape index (κ1) is 15.4. The average molecular weight is 229 g/mol. The molecule has 3 heteroatoms. The number of rotatable bonds is 10. The van der Waals surface area contributed by atoms with Gasteiger partial charge in [0.2, 0.25) is 0 Å². The lowest BCUT2D eigenvalue weighted by Crippen LogP contribution is -2.28. The Labute approximate surface area is 99.9 Å². The minimum atomic E-state index is -0.136. The molecule has 96 valence electrons. The maximum atomic E-state index is 10.9. The van der Waals surface area contributed by atoms with E-state index in [9.17, 15) is 4.79 Å². The number of carbonyl (C=O) groups is 1. The summed E-state index contributed by atoms with van der Waals surface area (Å²) in [6.07, 6.45) is 8.28. The predicted octanol–water partition coefficient (Wildman–Crippen LogP) is 2.89. The summed E-state index contributed by atoms with van der Waals surface area (Å²) < 4.78 is 4.58. The molecule has 0 spiro atoms. The van der Waals surface area contributed by atoms with Crippen LogP contribution in [0.25, 0.3) is 0 Å². The Kier molecular flexibility index (Phi) is 10.5. The summed E-state index contributed by atoms with van der Waals surface area (Å²) in [5, 5.41) is 3.34. The molecule has 1 unspecified atom stereocenters. The lowest BCUT2D eigenvalue weighted by atomic mass is 10.1. The lowest BCUT2D eigenvalue weighted by Gasteiger charge is -2.12. The number of unbranched alkanes of at least 4 members (excludes halogenated alkanes) is 4. The molecule has 0 fully saturated rings. The Bertz CT molecular complexity index is 171. The highest BCUT2D eigenvalue weighted by Gasteiger charge is 2.03. The van der Waals surface area contributed by atoms with Crippen LogP contribution < -0.4 is 5.32 Å². The van der Waals surface area contributed by atoms with Crippen LogP contribution in [-0.2, 0) is 9.53 Å². The van der Waals surface area contributed by atoms with Crippen molar-refractivity contribution >= 4 is 5.97 Å². The molecule has 1 N–H and O–H groups in total. The summed E-state index contributed by atoms with van der Waals surface area (Å²) in [5.41, 5.74) is 0. The van der Waals surface area contributed by atoms with E-state index in [1.54, 1.807) is 0 Å². The van der Waals surface area contributed by atoms with E-state index in [0.717, 1.165) is 6.54 Å². The zero-order valence-corrected chi connectivity index (χ0v) is 11.1. The van der Waals surface area contributed by atoms with Crippen molar-refractivity contribution in [2.45, 2.75) is 64.8 Å². The van der Waals surface area contributed by atoms with E-state index < -0.39 is 0 Å². The second kappa shape index (κ2) is 10.9. The van der Waals surface area contributed by atoms with E-state index in [1.807, 2.05) is 0 Å². The van der Waals surface area contributed by atoms with Gasteiger partial charge in [0.25, 0.3) is 0 Å². The van der Waals surface area contributed by atoms with Gasteiger partial charge in [0.1, 0.15) is 0 Å². The van der Waals surface area contributed by atoms with Crippen molar-refractivity contribution in [2.75, 3.05) is 13.7 Å². The predicted molar refractivity (Wildman–Crippen MR) is 67.5 cm³/mol. The number of hydrogen-bond donors (Lipinski definition) is 1. The number of esters is 1. The molecule has 0 saturated heterocycles. The van der Waals surface area contributed by atoms with Crippen molar-refractivity contribution in [1.82, 2.24) is 5.32 Å². The van der Waals surface area contributed by atoms with E-state index in [2.05, 4.69) is 23.9 Å². The summed E-state index contributed by atoms with van der Waals surface area (Å²) in [7, 11) is 1.43. The highest BCUT2D eigenvalue weighted by molar-refractivity contribution is 5.69. The van der Waals surface area contributed by atoms with Crippen molar-refractivity contribution in [3.8, 4) is 0 Å². The molecule has 16 heavy (non-hydrogen) atoms. The molecular formula is C13H27NO2. The van der Waals surface area contributed by atoms with E-state index >= 15 is 0 Å². The van der Waals surface area contributed by atoms with Gasteiger partial charge >= 0.3 is 5.97 Å². The van der Waals surface area contributed by atoms with Crippen molar-refractivity contribution in [3.63, 3.8) is 0 Å². The van der Waals surface area contributed by atoms with Crippen molar-refractivity contribution in [3.05, 3.63) is 0 Å². The Balaban J connectivity index is 3.24. The van der Waals surface area contributed by atoms with Gasteiger partial charge in [-0.05, 0) is 13.3 Å². The fraction of sp³-hybridized carbons (Fsp3) is 0.923. The molecule has 1 atom stereocenters. The first-order chi connectivity index (χ1) is 7.70. The molecule has 0 aromatic carbocycles. The summed E-state index contributed by atoms with van der Waals surface area (Å²) in [4.78, 5) is 10.9. The van der Waals surface area contributed by atoms with Crippen LogP contribution in [0.2, 0.25) is 0 Å². The molecule has 0 aliphatic heterocycles. The molecule has 0 aliphatic carbocycles. The SMILES string of the molecule is CCCCCCCC(C)NCCC(=O)OC. The van der Waals surface area contributed by atoms with Crippen LogP contribution in [0.3, 0.4) is 0 Å². The second-order valence-corrected chi connectivity index (χ2v) is 4.38. The normalized spacial score (nSPS) is 12.4. The van der Waals surface area contributed by atoms with Crippen molar-refractivity contribution in [2.24, 2.45) is 0 Å². The van der Waals surface area contributed by atoms with Gasteiger partial charge < -0.3 is 10.1 Å². The van der Waals surface area contributed by atoms with Gasteiger partial charge in [0.15, 0.2) is 0 Å². The second-order valence-electron chi connectivity index (χ2n) is 4.38. The van der Waals surface area contributed by atoms with Gasteiger partial charge in [-0.2, -0.15) is 0 Å². The smallest absolute Gasteiger partial charge is 0.306 e. The van der Waals surface area contributed by atoms with Gasteiger partial charge in [0.05, 0.1) is 13.5 Å². The number of ether oxygens (including phenoxy) is 1. The average Bonchev–Trinajstić information content (AvgIpc) is 2.28. The minimum absolute atomic E-state index is 0.136. The van der Waals surface area contributed by atoms with Crippen LogP contribution in [0.4, 0.5) is 0 Å². The largest absolute Gasteiger partial charge is 0.469 e. The summed E-state index contributed by atoms with van der Waals surface area (Å²) >= 11 is 0. The summed E-state index contributed by atoms with van der Waals surface area (Å²) in [6, 6.07) is 0.506. The molecule has 0 bridgehead atoms. The molecule has 0 heterocycles. The Morgan fingerprint density at radius 1 is 1.25 bits per heavy atom. The standard InChI is InChI=1S/C13H27NO2/c1-4-5-6-7-8-9-12(2)14-11-10-13(15)16-3/h12,14H,4-11H2,1-3H3. The first-order valence-corrected chi connectivity index (χ1v) is 6.50. The van der Waals surface area contributed by atoms with E-state index in [0.29, 0.717) is 12.5 Å². The van der Waals surface area contributed by atoms with Crippen LogP contribution in [0, 0.1) is 0 Å². The van der Waals surface area contributed by atoms with E-state index in [-0.39, 0.29) is 5.97 Å². The number of methoxy groups -OCH3 is 1. The zero-order chi connectivity index (χ0) is 12.2. The molecule has 0 aromatic heterocycles. The Hall–Kier alpha value is -0.570. The Morgan fingerprint density at radius 3 is 2.56 bits per heavy atom. The molecule has 0 aliphatic rings. The third kappa shape index (κ3) is 9.97. The molecule has 0 aromatic rings. The van der Waals surface area contributed by atoms with Gasteiger partial charge in [-0.25, -0.2) is 0 Å². The lowest BCUT2D eigenvalue weighted by molar-refractivity contribution is -0.140. The maximum absolute atomic E-state index is 10.9. The van der Waals surface area contributed by atoms with Gasteiger partial charge in [0, 0.05) is 12.6 Å². The molecular weight excluding hydrogens is 202 g/mol. The topological polar surface area (TPSA) is 38.3 Å². The number of hydrogen-bond acceptors (Lipinski definition) is 3. The third-order valence-electron chi connectivity index (χ3n) is 2.79. The maximum Gasteiger partial charge on any atom is 0.306 e. The van der Waals surface area contributed by atoms with E-state index in [4.69, 9.17) is 0 Å². The van der Waals surface area contributed by atoms with Crippen LogP contribution in [0.1, 0.15) is 58.8 Å². The van der Waals surface area contributed by atoms with Crippen molar-refractivity contribution < 1.29 is 9.53 Å². The fourth-order valence-electron chi connectivity index (χ4n) is 1.68. The quantitative estimate of drug-likeness (QED) is 0.462. The number of carbonyl (C=O) groups excluding carboxylic acids is 1. The zero-order valence-electron chi connectivity index (χ0n) is 11.1. The molecule has 0 saturated carbocycles. The summed E-state index contributed by atoms with van der Waals surface area (Å²) in [6.45, 7) is 5.14. The minimum Gasteiger partial charge on any atom is -0.469 e. The van der Waals surface area contributed by atoms with Crippen LogP contribution in [0.15, 0.2) is 0 Å². The van der Waals surface area contributed by atoms with Crippen molar-refractivity contribution in [1.29, 1.82) is 0 Å². The highest BCUT2D eigenvalue weighted by atomic mass is 16.5. The fourth-order valence-corrected chi connectivity index (χ4v) is 1.68. The molecule has 0 rings (SSSR count). The van der Waals surface area contributed by atoms with Crippen LogP contribution >= 0.6 is 0 Å². The number of nitrogens with one attached hydrogen (secondary N) is 1. The molecule has 3 nitrogen and oxygen atoms in total. The van der Waals surface area contributed by atoms with Crippen LogP contribution in [-0.4, -0.2) is 25.7 Å². The van der Waals surface area contributed by atoms with Gasteiger partial charge in [-0.15, -0.1) is 0 Å². The third-order valence-corrected chi connectivity index (χ3v) is 2.79.